The van der Waals surface area contributed by atoms with Crippen molar-refractivity contribution in [3.8, 4) is 11.1 Å². The van der Waals surface area contributed by atoms with E-state index >= 15 is 0 Å². The Balaban J connectivity index is 1.68. The lowest BCUT2D eigenvalue weighted by atomic mass is 10.0. The number of carbonyl (C=O) groups excluding carboxylic acids is 2. The molecule has 0 saturated carbocycles. The molecule has 124 valence electrons. The van der Waals surface area contributed by atoms with E-state index in [1.807, 2.05) is 48.5 Å². The highest BCUT2D eigenvalue weighted by Crippen LogP contribution is 2.27. The highest BCUT2D eigenvalue weighted by Gasteiger charge is 2.18. The summed E-state index contributed by atoms with van der Waals surface area (Å²) in [5.74, 6) is -1.53. The minimum absolute atomic E-state index is 0.0725. The highest BCUT2D eigenvalue weighted by molar-refractivity contribution is 6.40. The average molecular weight is 351 g/mol. The summed E-state index contributed by atoms with van der Waals surface area (Å²) in [6.07, 6.45) is 0. The van der Waals surface area contributed by atoms with Crippen LogP contribution in [0.4, 0.5) is 0 Å². The topological polar surface area (TPSA) is 43.4 Å². The van der Waals surface area contributed by atoms with Crippen LogP contribution >= 0.6 is 11.6 Å². The number of ether oxygens (including phenoxy) is 1. The minimum Gasteiger partial charge on any atom is -0.455 e. The summed E-state index contributed by atoms with van der Waals surface area (Å²) in [6.45, 7) is 0.0725. The van der Waals surface area contributed by atoms with Crippen LogP contribution in [0.5, 0.6) is 0 Å². The van der Waals surface area contributed by atoms with Crippen molar-refractivity contribution in [2.45, 2.75) is 6.61 Å². The van der Waals surface area contributed by atoms with Crippen LogP contribution in [0.15, 0.2) is 78.9 Å². The van der Waals surface area contributed by atoms with E-state index in [0.29, 0.717) is 5.02 Å². The highest BCUT2D eigenvalue weighted by atomic mass is 35.5. The van der Waals surface area contributed by atoms with E-state index in [4.69, 9.17) is 16.3 Å². The van der Waals surface area contributed by atoms with Crippen LogP contribution in [0.3, 0.4) is 0 Å². The van der Waals surface area contributed by atoms with E-state index in [2.05, 4.69) is 0 Å². The SMILES string of the molecule is O=C(OCc1ccccc1)C(=O)c1ccc(-c2ccccc2Cl)cc1. The van der Waals surface area contributed by atoms with Crippen LogP contribution in [0, 0.1) is 0 Å². The molecule has 0 amide bonds. The molecule has 3 nitrogen and oxygen atoms in total. The van der Waals surface area contributed by atoms with Crippen LogP contribution in [-0.2, 0) is 16.1 Å². The van der Waals surface area contributed by atoms with Crippen LogP contribution in [0.25, 0.3) is 11.1 Å². The van der Waals surface area contributed by atoms with E-state index in [9.17, 15) is 9.59 Å². The van der Waals surface area contributed by atoms with Crippen molar-refractivity contribution >= 4 is 23.4 Å². The predicted octanol–water partition coefficient (Wildman–Crippen LogP) is 4.93. The first-order chi connectivity index (χ1) is 12.1. The maximum Gasteiger partial charge on any atom is 0.380 e. The van der Waals surface area contributed by atoms with E-state index in [1.54, 1.807) is 30.3 Å². The lowest BCUT2D eigenvalue weighted by Gasteiger charge is -2.06. The van der Waals surface area contributed by atoms with E-state index < -0.39 is 11.8 Å². The quantitative estimate of drug-likeness (QED) is 0.372. The monoisotopic (exact) mass is 350 g/mol. The molecule has 0 radical (unpaired) electrons. The zero-order chi connectivity index (χ0) is 17.6. The number of Topliss-reactive ketones (excluding diaryl/α,β-unsaturated/α-hetero) is 1. The van der Waals surface area contributed by atoms with Crippen LogP contribution in [0.1, 0.15) is 15.9 Å². The van der Waals surface area contributed by atoms with Crippen molar-refractivity contribution < 1.29 is 14.3 Å². The standard InChI is InChI=1S/C21H15ClO3/c22-19-9-5-4-8-18(19)16-10-12-17(13-11-16)20(23)21(24)25-14-15-6-2-1-3-7-15/h1-13H,14H2. The first-order valence-electron chi connectivity index (χ1n) is 7.75. The van der Waals surface area contributed by atoms with Gasteiger partial charge in [-0.3, -0.25) is 4.79 Å². The number of carbonyl (C=O) groups is 2. The Bertz CT molecular complexity index is 887. The molecule has 0 bridgehead atoms. The zero-order valence-electron chi connectivity index (χ0n) is 13.3. The Morgan fingerprint density at radius 3 is 2.12 bits per heavy atom. The third-order valence-electron chi connectivity index (χ3n) is 3.73. The predicted molar refractivity (Wildman–Crippen MR) is 97.5 cm³/mol. The van der Waals surface area contributed by atoms with Gasteiger partial charge in [-0.1, -0.05) is 84.4 Å². The maximum absolute atomic E-state index is 12.2. The number of benzene rings is 3. The molecule has 0 heterocycles. The van der Waals surface area contributed by atoms with Crippen molar-refractivity contribution in [3.63, 3.8) is 0 Å². The Morgan fingerprint density at radius 2 is 1.44 bits per heavy atom. The van der Waals surface area contributed by atoms with E-state index in [1.165, 1.54) is 0 Å². The molecule has 0 unspecified atom stereocenters. The van der Waals surface area contributed by atoms with E-state index in [-0.39, 0.29) is 12.2 Å². The van der Waals surface area contributed by atoms with Crippen LogP contribution in [-0.4, -0.2) is 11.8 Å². The first-order valence-corrected chi connectivity index (χ1v) is 8.13. The fourth-order valence-electron chi connectivity index (χ4n) is 2.40. The number of hydrogen-bond acceptors (Lipinski definition) is 3. The van der Waals surface area contributed by atoms with Gasteiger partial charge in [-0.05, 0) is 17.2 Å². The Kier molecular flexibility index (Phi) is 5.26. The van der Waals surface area contributed by atoms with Crippen molar-refractivity contribution in [2.75, 3.05) is 0 Å². The second-order valence-corrected chi connectivity index (χ2v) is 5.86. The molecule has 0 aromatic heterocycles. The summed E-state index contributed by atoms with van der Waals surface area (Å²) < 4.78 is 5.07. The maximum atomic E-state index is 12.2. The molecule has 0 N–H and O–H groups in total. The van der Waals surface area contributed by atoms with Gasteiger partial charge in [0.15, 0.2) is 0 Å². The fraction of sp³-hybridized carbons (Fsp3) is 0.0476. The molecule has 0 spiro atoms. The molecule has 3 rings (SSSR count). The second kappa shape index (κ2) is 7.77. The van der Waals surface area contributed by atoms with Gasteiger partial charge in [0, 0.05) is 16.1 Å². The third kappa shape index (κ3) is 4.14. The van der Waals surface area contributed by atoms with Gasteiger partial charge in [0.05, 0.1) is 0 Å². The van der Waals surface area contributed by atoms with Crippen LogP contribution in [0.2, 0.25) is 5.02 Å². The molecule has 0 saturated heterocycles. The third-order valence-corrected chi connectivity index (χ3v) is 4.06. The summed E-state index contributed by atoms with van der Waals surface area (Å²) in [7, 11) is 0. The summed E-state index contributed by atoms with van der Waals surface area (Å²) in [4.78, 5) is 24.1. The van der Waals surface area contributed by atoms with E-state index in [0.717, 1.165) is 16.7 Å². The molecule has 0 aliphatic heterocycles. The molecule has 3 aromatic rings. The second-order valence-electron chi connectivity index (χ2n) is 5.45. The average Bonchev–Trinajstić information content (AvgIpc) is 2.67. The fourth-order valence-corrected chi connectivity index (χ4v) is 2.65. The molecule has 3 aromatic carbocycles. The minimum atomic E-state index is -0.866. The molecule has 0 fully saturated rings. The summed E-state index contributed by atoms with van der Waals surface area (Å²) in [6, 6.07) is 23.4. The Hall–Kier alpha value is -2.91. The van der Waals surface area contributed by atoms with Crippen molar-refractivity contribution in [1.82, 2.24) is 0 Å². The van der Waals surface area contributed by atoms with Crippen molar-refractivity contribution in [1.29, 1.82) is 0 Å². The van der Waals surface area contributed by atoms with Gasteiger partial charge >= 0.3 is 5.97 Å². The lowest BCUT2D eigenvalue weighted by Crippen LogP contribution is -2.17. The molecule has 4 heteroatoms. The molecule has 0 aliphatic carbocycles. The van der Waals surface area contributed by atoms with Gasteiger partial charge in [-0.2, -0.15) is 0 Å². The summed E-state index contributed by atoms with van der Waals surface area (Å²) >= 11 is 6.17. The van der Waals surface area contributed by atoms with Crippen LogP contribution < -0.4 is 0 Å². The number of esters is 1. The summed E-state index contributed by atoms with van der Waals surface area (Å²) in [5.41, 5.74) is 2.86. The molecule has 25 heavy (non-hydrogen) atoms. The normalized spacial score (nSPS) is 10.3. The molecule has 0 aliphatic rings. The molecule has 0 atom stereocenters. The summed E-state index contributed by atoms with van der Waals surface area (Å²) in [5, 5.41) is 0.629. The van der Waals surface area contributed by atoms with Crippen molar-refractivity contribution in [3.05, 3.63) is 95.0 Å². The van der Waals surface area contributed by atoms with Gasteiger partial charge in [0.1, 0.15) is 6.61 Å². The number of ketones is 1. The first kappa shape index (κ1) is 16.9. The smallest absolute Gasteiger partial charge is 0.380 e. The van der Waals surface area contributed by atoms with Gasteiger partial charge in [-0.15, -0.1) is 0 Å². The largest absolute Gasteiger partial charge is 0.455 e. The van der Waals surface area contributed by atoms with Crippen molar-refractivity contribution in [2.24, 2.45) is 0 Å². The lowest BCUT2D eigenvalue weighted by molar-refractivity contribution is -0.139. The molecular weight excluding hydrogens is 336 g/mol. The van der Waals surface area contributed by atoms with Gasteiger partial charge in [0.25, 0.3) is 5.78 Å². The zero-order valence-corrected chi connectivity index (χ0v) is 14.1. The van der Waals surface area contributed by atoms with Gasteiger partial charge < -0.3 is 4.74 Å². The Morgan fingerprint density at radius 1 is 0.800 bits per heavy atom. The number of rotatable bonds is 5. The number of halogens is 1. The molecular formula is C21H15ClO3. The number of hydrogen-bond donors (Lipinski definition) is 0. The Labute approximate surface area is 150 Å². The van der Waals surface area contributed by atoms with Gasteiger partial charge in [-0.25, -0.2) is 4.79 Å². The van der Waals surface area contributed by atoms with Gasteiger partial charge in [0.2, 0.25) is 0 Å².